The summed E-state index contributed by atoms with van der Waals surface area (Å²) in [6.07, 6.45) is 3.48. The van der Waals surface area contributed by atoms with Crippen molar-refractivity contribution < 1.29 is 0 Å². The first-order valence-corrected chi connectivity index (χ1v) is 3.65. The van der Waals surface area contributed by atoms with Crippen LogP contribution in [-0.4, -0.2) is 9.38 Å². The van der Waals surface area contributed by atoms with Gasteiger partial charge in [-0.2, -0.15) is 5.26 Å². The molecule has 12 heavy (non-hydrogen) atoms. The van der Waals surface area contributed by atoms with Crippen LogP contribution in [-0.2, 0) is 0 Å². The Labute approximate surface area is 69.9 Å². The SMILES string of the molecule is Cc1ccc2ncc(C#N)n2c1. The predicted molar refractivity (Wildman–Crippen MR) is 44.6 cm³/mol. The van der Waals surface area contributed by atoms with Crippen LogP contribution in [0.4, 0.5) is 0 Å². The van der Waals surface area contributed by atoms with E-state index in [1.165, 1.54) is 0 Å². The predicted octanol–water partition coefficient (Wildman–Crippen LogP) is 1.51. The monoisotopic (exact) mass is 157 g/mol. The lowest BCUT2D eigenvalue weighted by Gasteiger charge is -1.95. The van der Waals surface area contributed by atoms with E-state index in [0.29, 0.717) is 5.69 Å². The molecule has 0 bridgehead atoms. The second-order valence-corrected chi connectivity index (χ2v) is 2.69. The number of nitriles is 1. The number of aryl methyl sites for hydroxylation is 1. The minimum Gasteiger partial charge on any atom is -0.291 e. The molecule has 0 spiro atoms. The van der Waals surface area contributed by atoms with E-state index in [-0.39, 0.29) is 0 Å². The topological polar surface area (TPSA) is 41.1 Å². The Morgan fingerprint density at radius 1 is 1.50 bits per heavy atom. The average molecular weight is 157 g/mol. The van der Waals surface area contributed by atoms with E-state index in [4.69, 9.17) is 5.26 Å². The molecule has 2 aromatic rings. The molecule has 0 aliphatic heterocycles. The molecule has 0 aliphatic carbocycles. The minimum atomic E-state index is 0.578. The van der Waals surface area contributed by atoms with Crippen molar-refractivity contribution in [3.05, 3.63) is 35.8 Å². The number of pyridine rings is 1. The molecule has 0 atom stereocenters. The Morgan fingerprint density at radius 2 is 2.33 bits per heavy atom. The van der Waals surface area contributed by atoms with Gasteiger partial charge >= 0.3 is 0 Å². The van der Waals surface area contributed by atoms with E-state index in [1.807, 2.05) is 25.3 Å². The fraction of sp³-hybridized carbons (Fsp3) is 0.111. The van der Waals surface area contributed by atoms with E-state index in [2.05, 4.69) is 11.1 Å². The van der Waals surface area contributed by atoms with Crippen LogP contribution < -0.4 is 0 Å². The maximum Gasteiger partial charge on any atom is 0.144 e. The molecule has 58 valence electrons. The van der Waals surface area contributed by atoms with Gasteiger partial charge in [-0.3, -0.25) is 4.40 Å². The fourth-order valence-corrected chi connectivity index (χ4v) is 1.17. The molecular formula is C9H7N3. The third kappa shape index (κ3) is 0.857. The van der Waals surface area contributed by atoms with Crippen LogP contribution in [0.1, 0.15) is 11.3 Å². The molecule has 0 unspecified atom stereocenters. The van der Waals surface area contributed by atoms with Crippen molar-refractivity contribution in [2.45, 2.75) is 6.92 Å². The number of hydrogen-bond donors (Lipinski definition) is 0. The lowest BCUT2D eigenvalue weighted by Crippen LogP contribution is -1.88. The van der Waals surface area contributed by atoms with Crippen molar-refractivity contribution >= 4 is 5.65 Å². The summed E-state index contributed by atoms with van der Waals surface area (Å²) in [5.41, 5.74) is 2.52. The Bertz CT molecular complexity index is 462. The summed E-state index contributed by atoms with van der Waals surface area (Å²) in [7, 11) is 0. The fourth-order valence-electron chi connectivity index (χ4n) is 1.17. The highest BCUT2D eigenvalue weighted by Crippen LogP contribution is 2.06. The largest absolute Gasteiger partial charge is 0.291 e. The third-order valence-electron chi connectivity index (χ3n) is 1.77. The van der Waals surface area contributed by atoms with Crippen LogP contribution >= 0.6 is 0 Å². The van der Waals surface area contributed by atoms with Gasteiger partial charge in [0.2, 0.25) is 0 Å². The zero-order valence-electron chi connectivity index (χ0n) is 6.65. The summed E-state index contributed by atoms with van der Waals surface area (Å²) in [6.45, 7) is 1.99. The molecule has 2 rings (SSSR count). The summed E-state index contributed by atoms with van der Waals surface area (Å²) in [5.74, 6) is 0. The van der Waals surface area contributed by atoms with Gasteiger partial charge in [-0.15, -0.1) is 0 Å². The van der Waals surface area contributed by atoms with E-state index in [1.54, 1.807) is 10.6 Å². The molecule has 3 nitrogen and oxygen atoms in total. The van der Waals surface area contributed by atoms with Gasteiger partial charge in [-0.25, -0.2) is 4.98 Å². The second kappa shape index (κ2) is 2.35. The molecule has 0 aromatic carbocycles. The molecule has 2 aromatic heterocycles. The molecule has 0 saturated heterocycles. The van der Waals surface area contributed by atoms with Gasteiger partial charge in [0.05, 0.1) is 6.20 Å². The number of fused-ring (bicyclic) bond motifs is 1. The number of nitrogens with zero attached hydrogens (tertiary/aromatic N) is 3. The third-order valence-corrected chi connectivity index (χ3v) is 1.77. The second-order valence-electron chi connectivity index (χ2n) is 2.69. The highest BCUT2D eigenvalue weighted by molar-refractivity contribution is 5.44. The van der Waals surface area contributed by atoms with E-state index in [9.17, 15) is 0 Å². The van der Waals surface area contributed by atoms with Gasteiger partial charge in [0.1, 0.15) is 17.4 Å². The smallest absolute Gasteiger partial charge is 0.144 e. The quantitative estimate of drug-likeness (QED) is 0.581. The summed E-state index contributed by atoms with van der Waals surface area (Å²) >= 11 is 0. The molecule has 0 amide bonds. The van der Waals surface area contributed by atoms with Gasteiger partial charge in [0.15, 0.2) is 0 Å². The van der Waals surface area contributed by atoms with E-state index < -0.39 is 0 Å². The van der Waals surface area contributed by atoms with Crippen LogP contribution in [0.2, 0.25) is 0 Å². The molecule has 0 radical (unpaired) electrons. The maximum absolute atomic E-state index is 8.70. The Hall–Kier alpha value is -1.82. The average Bonchev–Trinajstić information content (AvgIpc) is 2.46. The summed E-state index contributed by atoms with van der Waals surface area (Å²) in [6, 6.07) is 5.95. The van der Waals surface area contributed by atoms with E-state index in [0.717, 1.165) is 11.2 Å². The van der Waals surface area contributed by atoms with Crippen LogP contribution in [0.3, 0.4) is 0 Å². The summed E-state index contributed by atoms with van der Waals surface area (Å²) in [4.78, 5) is 4.07. The van der Waals surface area contributed by atoms with Crippen LogP contribution in [0.15, 0.2) is 24.5 Å². The van der Waals surface area contributed by atoms with Crippen molar-refractivity contribution in [3.8, 4) is 6.07 Å². The first kappa shape index (κ1) is 6.86. The molecule has 3 heteroatoms. The molecule has 0 fully saturated rings. The lowest BCUT2D eigenvalue weighted by atomic mass is 10.3. The Kier molecular flexibility index (Phi) is 1.34. The normalized spacial score (nSPS) is 10.0. The number of hydrogen-bond acceptors (Lipinski definition) is 2. The van der Waals surface area contributed by atoms with Gasteiger partial charge in [0.25, 0.3) is 0 Å². The number of aromatic nitrogens is 2. The summed E-state index contributed by atoms with van der Waals surface area (Å²) < 4.78 is 1.79. The Morgan fingerprint density at radius 3 is 3.08 bits per heavy atom. The molecule has 2 heterocycles. The lowest BCUT2D eigenvalue weighted by molar-refractivity contribution is 1.13. The standard InChI is InChI=1S/C9H7N3/c1-7-2-3-9-11-5-8(4-10)12(9)6-7/h2-3,5-6H,1H3. The first-order valence-electron chi connectivity index (χ1n) is 3.65. The molecule has 0 N–H and O–H groups in total. The summed E-state index contributed by atoms with van der Waals surface area (Å²) in [5, 5.41) is 8.70. The molecule has 0 saturated carbocycles. The van der Waals surface area contributed by atoms with Crippen LogP contribution in [0.5, 0.6) is 0 Å². The van der Waals surface area contributed by atoms with Crippen molar-refractivity contribution in [2.75, 3.05) is 0 Å². The highest BCUT2D eigenvalue weighted by atomic mass is 15.0. The number of rotatable bonds is 0. The van der Waals surface area contributed by atoms with Gasteiger partial charge < -0.3 is 0 Å². The van der Waals surface area contributed by atoms with Gasteiger partial charge in [0, 0.05) is 6.20 Å². The maximum atomic E-state index is 8.70. The minimum absolute atomic E-state index is 0.578. The zero-order chi connectivity index (χ0) is 8.55. The Balaban J connectivity index is 2.86. The van der Waals surface area contributed by atoms with Crippen LogP contribution in [0, 0.1) is 18.3 Å². The first-order chi connectivity index (χ1) is 5.81. The highest BCUT2D eigenvalue weighted by Gasteiger charge is 2.00. The van der Waals surface area contributed by atoms with Crippen molar-refractivity contribution in [3.63, 3.8) is 0 Å². The van der Waals surface area contributed by atoms with Gasteiger partial charge in [-0.1, -0.05) is 6.07 Å². The molecular weight excluding hydrogens is 150 g/mol. The van der Waals surface area contributed by atoms with E-state index >= 15 is 0 Å². The zero-order valence-corrected chi connectivity index (χ0v) is 6.65. The van der Waals surface area contributed by atoms with Gasteiger partial charge in [-0.05, 0) is 18.6 Å². The number of imidazole rings is 1. The van der Waals surface area contributed by atoms with Crippen molar-refractivity contribution in [1.29, 1.82) is 5.26 Å². The van der Waals surface area contributed by atoms with Crippen molar-refractivity contribution in [1.82, 2.24) is 9.38 Å². The van der Waals surface area contributed by atoms with Crippen LogP contribution in [0.25, 0.3) is 5.65 Å². The molecule has 0 aliphatic rings. The van der Waals surface area contributed by atoms with Crippen molar-refractivity contribution in [2.24, 2.45) is 0 Å².